The molecule has 2 rings (SSSR count). The molecule has 5 heteroatoms. The molecule has 0 saturated carbocycles. The van der Waals surface area contributed by atoms with E-state index in [4.69, 9.17) is 14.7 Å². The summed E-state index contributed by atoms with van der Waals surface area (Å²) in [7, 11) is 0. The van der Waals surface area contributed by atoms with E-state index in [-0.39, 0.29) is 5.92 Å². The number of nitrogens with two attached hydrogens (primary N) is 1. The second-order valence-electron chi connectivity index (χ2n) is 4.43. The first-order valence-electron chi connectivity index (χ1n) is 5.71. The van der Waals surface area contributed by atoms with Crippen molar-refractivity contribution in [3.05, 3.63) is 24.0 Å². The molecular weight excluding hydrogens is 218 g/mol. The van der Waals surface area contributed by atoms with Crippen molar-refractivity contribution < 1.29 is 8.94 Å². The number of nitrogens with zero attached hydrogens (tertiary/aromatic N) is 2. The van der Waals surface area contributed by atoms with Crippen LogP contribution in [0, 0.1) is 12.8 Å². The van der Waals surface area contributed by atoms with Crippen LogP contribution < -0.4 is 5.73 Å². The summed E-state index contributed by atoms with van der Waals surface area (Å²) < 4.78 is 10.5. The largest absolute Gasteiger partial charge is 0.469 e. The van der Waals surface area contributed by atoms with Gasteiger partial charge in [-0.25, -0.2) is 0 Å². The number of hydrogen-bond donors (Lipinski definition) is 1. The van der Waals surface area contributed by atoms with E-state index >= 15 is 0 Å². The second-order valence-corrected chi connectivity index (χ2v) is 4.43. The molecule has 5 nitrogen and oxygen atoms in total. The van der Waals surface area contributed by atoms with Crippen molar-refractivity contribution >= 4 is 0 Å². The van der Waals surface area contributed by atoms with Gasteiger partial charge in [0.15, 0.2) is 0 Å². The smallest absolute Gasteiger partial charge is 0.231 e. The van der Waals surface area contributed by atoms with Crippen LogP contribution in [0.2, 0.25) is 0 Å². The van der Waals surface area contributed by atoms with Crippen LogP contribution >= 0.6 is 0 Å². The maximum atomic E-state index is 5.72. The van der Waals surface area contributed by atoms with Crippen molar-refractivity contribution in [3.8, 4) is 11.4 Å². The van der Waals surface area contributed by atoms with Gasteiger partial charge in [-0.05, 0) is 18.9 Å². The summed E-state index contributed by atoms with van der Waals surface area (Å²) in [5, 5.41) is 3.97. The molecule has 0 radical (unpaired) electrons. The minimum Gasteiger partial charge on any atom is -0.469 e. The lowest BCUT2D eigenvalue weighted by molar-refractivity contribution is 0.324. The molecular formula is C12H17N3O2. The molecule has 92 valence electrons. The predicted molar refractivity (Wildman–Crippen MR) is 63.4 cm³/mol. The Hall–Kier alpha value is -1.62. The Morgan fingerprint density at radius 2 is 2.18 bits per heavy atom. The predicted octanol–water partition coefficient (Wildman–Crippen LogP) is 2.34. The SMILES string of the molecule is Cc1occc1-c1noc(C(CN)C(C)C)n1. The average Bonchev–Trinajstić information content (AvgIpc) is 2.87. The number of hydrogen-bond acceptors (Lipinski definition) is 5. The lowest BCUT2D eigenvalue weighted by Gasteiger charge is -2.13. The molecule has 0 aliphatic carbocycles. The lowest BCUT2D eigenvalue weighted by Crippen LogP contribution is -2.18. The fourth-order valence-electron chi connectivity index (χ4n) is 1.77. The van der Waals surface area contributed by atoms with Gasteiger partial charge in [-0.3, -0.25) is 0 Å². The molecule has 2 aromatic rings. The third-order valence-corrected chi connectivity index (χ3v) is 2.92. The molecule has 0 aromatic carbocycles. The van der Waals surface area contributed by atoms with Gasteiger partial charge in [-0.1, -0.05) is 19.0 Å². The number of aromatic nitrogens is 2. The first-order valence-corrected chi connectivity index (χ1v) is 5.71. The Bertz CT molecular complexity index is 487. The van der Waals surface area contributed by atoms with Crippen molar-refractivity contribution in [2.45, 2.75) is 26.7 Å². The van der Waals surface area contributed by atoms with Crippen LogP contribution in [0.4, 0.5) is 0 Å². The van der Waals surface area contributed by atoms with E-state index in [0.29, 0.717) is 24.2 Å². The molecule has 0 aliphatic rings. The third kappa shape index (κ3) is 2.24. The normalized spacial score (nSPS) is 13.2. The zero-order valence-electron chi connectivity index (χ0n) is 10.3. The van der Waals surface area contributed by atoms with Gasteiger partial charge in [0.1, 0.15) is 5.76 Å². The van der Waals surface area contributed by atoms with Crippen LogP contribution in [0.15, 0.2) is 21.3 Å². The summed E-state index contributed by atoms with van der Waals surface area (Å²) in [6.45, 7) is 6.55. The van der Waals surface area contributed by atoms with Crippen LogP contribution in [0.3, 0.4) is 0 Å². The summed E-state index contributed by atoms with van der Waals surface area (Å²) >= 11 is 0. The maximum absolute atomic E-state index is 5.72. The summed E-state index contributed by atoms with van der Waals surface area (Å²) in [6, 6.07) is 1.83. The number of rotatable bonds is 4. The Kier molecular flexibility index (Phi) is 3.28. The van der Waals surface area contributed by atoms with Crippen LogP contribution in [0.25, 0.3) is 11.4 Å². The van der Waals surface area contributed by atoms with E-state index in [1.807, 2.05) is 13.0 Å². The maximum Gasteiger partial charge on any atom is 0.231 e. The highest BCUT2D eigenvalue weighted by Crippen LogP contribution is 2.26. The van der Waals surface area contributed by atoms with Crippen molar-refractivity contribution in [2.24, 2.45) is 11.7 Å². The van der Waals surface area contributed by atoms with Crippen molar-refractivity contribution in [1.29, 1.82) is 0 Å². The Labute approximate surface area is 100.0 Å². The molecule has 2 N–H and O–H groups in total. The fraction of sp³-hybridized carbons (Fsp3) is 0.500. The van der Waals surface area contributed by atoms with Crippen LogP contribution in [0.1, 0.15) is 31.4 Å². The topological polar surface area (TPSA) is 78.1 Å². The molecule has 0 saturated heterocycles. The Morgan fingerprint density at radius 3 is 2.71 bits per heavy atom. The van der Waals surface area contributed by atoms with E-state index < -0.39 is 0 Å². The van der Waals surface area contributed by atoms with Gasteiger partial charge < -0.3 is 14.7 Å². The minimum atomic E-state index is 0.100. The molecule has 17 heavy (non-hydrogen) atoms. The quantitative estimate of drug-likeness (QED) is 0.879. The molecule has 0 fully saturated rings. The Balaban J connectivity index is 2.30. The first kappa shape index (κ1) is 11.9. The van der Waals surface area contributed by atoms with E-state index in [0.717, 1.165) is 11.3 Å². The molecule has 0 amide bonds. The molecule has 2 heterocycles. The van der Waals surface area contributed by atoms with Gasteiger partial charge in [-0.15, -0.1) is 0 Å². The van der Waals surface area contributed by atoms with Gasteiger partial charge in [0.2, 0.25) is 11.7 Å². The second kappa shape index (κ2) is 4.71. The van der Waals surface area contributed by atoms with Gasteiger partial charge in [-0.2, -0.15) is 4.98 Å². The number of aryl methyl sites for hydroxylation is 1. The fourth-order valence-corrected chi connectivity index (χ4v) is 1.77. The standard InChI is InChI=1S/C12H17N3O2/c1-7(2)10(6-13)12-14-11(15-17-12)9-4-5-16-8(9)3/h4-5,7,10H,6,13H2,1-3H3. The van der Waals surface area contributed by atoms with Gasteiger partial charge in [0, 0.05) is 6.54 Å². The van der Waals surface area contributed by atoms with Crippen molar-refractivity contribution in [2.75, 3.05) is 6.54 Å². The molecule has 1 unspecified atom stereocenters. The lowest BCUT2D eigenvalue weighted by atomic mass is 9.96. The Morgan fingerprint density at radius 1 is 1.41 bits per heavy atom. The molecule has 0 spiro atoms. The molecule has 0 bridgehead atoms. The molecule has 1 atom stereocenters. The first-order chi connectivity index (χ1) is 8.13. The van der Waals surface area contributed by atoms with E-state index in [9.17, 15) is 0 Å². The van der Waals surface area contributed by atoms with Gasteiger partial charge in [0.05, 0.1) is 17.7 Å². The van der Waals surface area contributed by atoms with Crippen LogP contribution in [-0.4, -0.2) is 16.7 Å². The highest BCUT2D eigenvalue weighted by atomic mass is 16.5. The monoisotopic (exact) mass is 235 g/mol. The van der Waals surface area contributed by atoms with Crippen molar-refractivity contribution in [1.82, 2.24) is 10.1 Å². The van der Waals surface area contributed by atoms with Crippen LogP contribution in [-0.2, 0) is 0 Å². The van der Waals surface area contributed by atoms with E-state index in [2.05, 4.69) is 24.0 Å². The minimum absolute atomic E-state index is 0.100. The van der Waals surface area contributed by atoms with Crippen molar-refractivity contribution in [3.63, 3.8) is 0 Å². The third-order valence-electron chi connectivity index (χ3n) is 2.92. The van der Waals surface area contributed by atoms with Crippen LogP contribution in [0.5, 0.6) is 0 Å². The van der Waals surface area contributed by atoms with E-state index in [1.165, 1.54) is 0 Å². The summed E-state index contributed by atoms with van der Waals surface area (Å²) in [4.78, 5) is 4.39. The molecule has 2 aromatic heterocycles. The average molecular weight is 235 g/mol. The van der Waals surface area contributed by atoms with Gasteiger partial charge >= 0.3 is 0 Å². The summed E-state index contributed by atoms with van der Waals surface area (Å²) in [6.07, 6.45) is 1.61. The zero-order valence-corrected chi connectivity index (χ0v) is 10.3. The highest BCUT2D eigenvalue weighted by Gasteiger charge is 2.22. The van der Waals surface area contributed by atoms with E-state index in [1.54, 1.807) is 6.26 Å². The highest BCUT2D eigenvalue weighted by molar-refractivity contribution is 5.56. The number of furan rings is 1. The summed E-state index contributed by atoms with van der Waals surface area (Å²) in [5.74, 6) is 2.41. The summed E-state index contributed by atoms with van der Waals surface area (Å²) in [5.41, 5.74) is 6.58. The van der Waals surface area contributed by atoms with Gasteiger partial charge in [0.25, 0.3) is 0 Å². The molecule has 0 aliphatic heterocycles. The zero-order chi connectivity index (χ0) is 12.4.